The van der Waals surface area contributed by atoms with Crippen LogP contribution in [-0.2, 0) is 19.6 Å². The number of nitro benzene ring substituents is 1. The Labute approximate surface area is 153 Å². The lowest BCUT2D eigenvalue weighted by atomic mass is 10.2. The van der Waals surface area contributed by atoms with Gasteiger partial charge in [-0.1, -0.05) is 12.1 Å². The summed E-state index contributed by atoms with van der Waals surface area (Å²) in [5.41, 5.74) is -1.22. The van der Waals surface area contributed by atoms with Crippen molar-refractivity contribution in [2.75, 3.05) is 14.2 Å². The van der Waals surface area contributed by atoms with Crippen LogP contribution < -0.4 is 4.18 Å². The van der Waals surface area contributed by atoms with E-state index in [1.54, 1.807) is 0 Å². The summed E-state index contributed by atoms with van der Waals surface area (Å²) in [5.74, 6) is -2.26. The molecule has 27 heavy (non-hydrogen) atoms. The van der Waals surface area contributed by atoms with Crippen molar-refractivity contribution < 1.29 is 36.6 Å². The quantitative estimate of drug-likeness (QED) is 0.310. The molecule has 0 heterocycles. The third-order valence-electron chi connectivity index (χ3n) is 3.34. The summed E-state index contributed by atoms with van der Waals surface area (Å²) in [7, 11) is -2.61. The number of methoxy groups -OCH3 is 2. The Morgan fingerprint density at radius 2 is 1.56 bits per heavy atom. The van der Waals surface area contributed by atoms with E-state index in [1.807, 2.05) is 0 Å². The minimum Gasteiger partial charge on any atom is -0.465 e. The van der Waals surface area contributed by atoms with E-state index in [2.05, 4.69) is 9.47 Å². The van der Waals surface area contributed by atoms with E-state index in [1.165, 1.54) is 24.3 Å². The van der Waals surface area contributed by atoms with Crippen LogP contribution in [0.5, 0.6) is 5.75 Å². The molecule has 11 heteroatoms. The Hall–Kier alpha value is -3.47. The van der Waals surface area contributed by atoms with E-state index in [0.717, 1.165) is 26.4 Å². The highest BCUT2D eigenvalue weighted by molar-refractivity contribution is 7.87. The summed E-state index contributed by atoms with van der Waals surface area (Å²) in [6, 6.07) is 7.89. The Bertz CT molecular complexity index is 1010. The summed E-state index contributed by atoms with van der Waals surface area (Å²) < 4.78 is 39.4. The van der Waals surface area contributed by atoms with E-state index in [9.17, 15) is 28.1 Å². The Balaban J connectivity index is 2.60. The topological polar surface area (TPSA) is 139 Å². The average molecular weight is 395 g/mol. The van der Waals surface area contributed by atoms with Crippen molar-refractivity contribution in [1.82, 2.24) is 0 Å². The first-order valence-corrected chi connectivity index (χ1v) is 8.60. The fraction of sp³-hybridized carbons (Fsp3) is 0.125. The van der Waals surface area contributed by atoms with E-state index in [4.69, 9.17) is 4.18 Å². The van der Waals surface area contributed by atoms with Crippen LogP contribution in [0.25, 0.3) is 0 Å². The number of nitro groups is 1. The molecule has 0 N–H and O–H groups in total. The highest BCUT2D eigenvalue weighted by Gasteiger charge is 2.29. The minimum atomic E-state index is -4.73. The standard InChI is InChI=1S/C16H13NO9S/c1-24-15(18)11-5-3-4-6-13(11)26-27(22,23)14-9-10(17(20)21)7-8-12(14)16(19)25-2/h3-9H,1-2H3. The fourth-order valence-electron chi connectivity index (χ4n) is 2.09. The Morgan fingerprint density at radius 3 is 2.15 bits per heavy atom. The van der Waals surface area contributed by atoms with Gasteiger partial charge in [0.15, 0.2) is 5.75 Å². The van der Waals surface area contributed by atoms with Crippen molar-refractivity contribution in [3.8, 4) is 5.75 Å². The number of ether oxygens (including phenoxy) is 2. The van der Waals surface area contributed by atoms with Crippen LogP contribution in [0.3, 0.4) is 0 Å². The van der Waals surface area contributed by atoms with E-state index in [0.29, 0.717) is 6.07 Å². The van der Waals surface area contributed by atoms with Gasteiger partial charge in [-0.25, -0.2) is 9.59 Å². The molecular formula is C16H13NO9S. The Morgan fingerprint density at radius 1 is 0.963 bits per heavy atom. The summed E-state index contributed by atoms with van der Waals surface area (Å²) in [4.78, 5) is 33.0. The van der Waals surface area contributed by atoms with Crippen LogP contribution in [0.4, 0.5) is 5.69 Å². The van der Waals surface area contributed by atoms with Gasteiger partial charge in [0, 0.05) is 12.1 Å². The number of nitrogens with zero attached hydrogens (tertiary/aromatic N) is 1. The Kier molecular flexibility index (Phi) is 5.75. The molecule has 0 saturated heterocycles. The second-order valence-electron chi connectivity index (χ2n) is 4.95. The van der Waals surface area contributed by atoms with Gasteiger partial charge in [-0.3, -0.25) is 10.1 Å². The summed E-state index contributed by atoms with van der Waals surface area (Å²) in [6.45, 7) is 0. The lowest BCUT2D eigenvalue weighted by Gasteiger charge is -2.12. The van der Waals surface area contributed by atoms with Crippen molar-refractivity contribution in [2.45, 2.75) is 4.90 Å². The molecule has 0 aromatic heterocycles. The molecule has 2 rings (SSSR count). The van der Waals surface area contributed by atoms with Gasteiger partial charge in [0.05, 0.1) is 24.7 Å². The predicted octanol–water partition coefficient (Wildman–Crippen LogP) is 1.94. The number of carbonyl (C=O) groups excluding carboxylic acids is 2. The van der Waals surface area contributed by atoms with Crippen LogP contribution in [-0.4, -0.2) is 39.5 Å². The average Bonchev–Trinajstić information content (AvgIpc) is 2.66. The minimum absolute atomic E-state index is 0.186. The maximum Gasteiger partial charge on any atom is 0.341 e. The molecule has 2 aromatic rings. The van der Waals surface area contributed by atoms with Gasteiger partial charge in [0.1, 0.15) is 10.5 Å². The number of carbonyl (C=O) groups is 2. The van der Waals surface area contributed by atoms with Gasteiger partial charge < -0.3 is 13.7 Å². The van der Waals surface area contributed by atoms with E-state index >= 15 is 0 Å². The number of hydrogen-bond acceptors (Lipinski definition) is 9. The van der Waals surface area contributed by atoms with Crippen LogP contribution in [0.15, 0.2) is 47.4 Å². The van der Waals surface area contributed by atoms with Gasteiger partial charge in [0.25, 0.3) is 5.69 Å². The number of benzene rings is 2. The molecule has 0 saturated carbocycles. The molecular weight excluding hydrogens is 382 g/mol. The van der Waals surface area contributed by atoms with Gasteiger partial charge in [-0.05, 0) is 18.2 Å². The first-order valence-electron chi connectivity index (χ1n) is 7.20. The van der Waals surface area contributed by atoms with Gasteiger partial charge in [-0.2, -0.15) is 8.42 Å². The lowest BCUT2D eigenvalue weighted by Crippen LogP contribution is -2.17. The largest absolute Gasteiger partial charge is 0.465 e. The van der Waals surface area contributed by atoms with E-state index < -0.39 is 43.1 Å². The number of esters is 2. The fourth-order valence-corrected chi connectivity index (χ4v) is 3.25. The molecule has 0 spiro atoms. The highest BCUT2D eigenvalue weighted by atomic mass is 32.2. The van der Waals surface area contributed by atoms with Crippen molar-refractivity contribution >= 4 is 27.7 Å². The molecule has 10 nitrogen and oxygen atoms in total. The van der Waals surface area contributed by atoms with Crippen molar-refractivity contribution in [1.29, 1.82) is 0 Å². The third kappa shape index (κ3) is 4.20. The van der Waals surface area contributed by atoms with Crippen LogP contribution in [0.2, 0.25) is 0 Å². The zero-order valence-electron chi connectivity index (χ0n) is 14.1. The molecule has 0 atom stereocenters. The SMILES string of the molecule is COC(=O)c1ccccc1OS(=O)(=O)c1cc([N+](=O)[O-])ccc1C(=O)OC. The number of para-hydroxylation sites is 1. The van der Waals surface area contributed by atoms with Gasteiger partial charge in [-0.15, -0.1) is 0 Å². The number of hydrogen-bond donors (Lipinski definition) is 0. The first kappa shape index (κ1) is 19.8. The molecule has 0 radical (unpaired) electrons. The molecule has 0 bridgehead atoms. The smallest absolute Gasteiger partial charge is 0.341 e. The zero-order chi connectivity index (χ0) is 20.2. The maximum absolute atomic E-state index is 12.7. The molecule has 0 unspecified atom stereocenters. The predicted molar refractivity (Wildman–Crippen MR) is 90.0 cm³/mol. The molecule has 142 valence electrons. The van der Waals surface area contributed by atoms with Crippen molar-refractivity contribution in [3.05, 3.63) is 63.7 Å². The molecule has 2 aromatic carbocycles. The molecule has 0 fully saturated rings. The van der Waals surface area contributed by atoms with E-state index in [-0.39, 0.29) is 11.3 Å². The summed E-state index contributed by atoms with van der Waals surface area (Å²) >= 11 is 0. The molecule has 0 aliphatic heterocycles. The summed E-state index contributed by atoms with van der Waals surface area (Å²) in [6.07, 6.45) is 0. The summed E-state index contributed by atoms with van der Waals surface area (Å²) in [5, 5.41) is 11.0. The van der Waals surface area contributed by atoms with Crippen LogP contribution in [0, 0.1) is 10.1 Å². The molecule has 0 aliphatic rings. The second-order valence-corrected chi connectivity index (χ2v) is 6.47. The third-order valence-corrected chi connectivity index (χ3v) is 4.62. The second kappa shape index (κ2) is 7.83. The number of rotatable bonds is 6. The number of non-ortho nitro benzene ring substituents is 1. The van der Waals surface area contributed by atoms with Crippen LogP contribution >= 0.6 is 0 Å². The van der Waals surface area contributed by atoms with Gasteiger partial charge in [0.2, 0.25) is 0 Å². The van der Waals surface area contributed by atoms with Crippen LogP contribution in [0.1, 0.15) is 20.7 Å². The highest BCUT2D eigenvalue weighted by Crippen LogP contribution is 2.28. The van der Waals surface area contributed by atoms with Crippen molar-refractivity contribution in [2.24, 2.45) is 0 Å². The zero-order valence-corrected chi connectivity index (χ0v) is 14.9. The monoisotopic (exact) mass is 395 g/mol. The van der Waals surface area contributed by atoms with Crippen molar-refractivity contribution in [3.63, 3.8) is 0 Å². The maximum atomic E-state index is 12.7. The normalized spacial score (nSPS) is 10.7. The molecule has 0 aliphatic carbocycles. The lowest BCUT2D eigenvalue weighted by molar-refractivity contribution is -0.385. The molecule has 0 amide bonds. The van der Waals surface area contributed by atoms with Gasteiger partial charge >= 0.3 is 22.1 Å². The first-order chi connectivity index (χ1) is 12.7.